The molecule has 0 atom stereocenters. The molecule has 0 saturated carbocycles. The Morgan fingerprint density at radius 3 is 2.71 bits per heavy atom. The highest BCUT2D eigenvalue weighted by Gasteiger charge is 2.03. The van der Waals surface area contributed by atoms with E-state index in [2.05, 4.69) is 41.2 Å². The molecule has 0 spiro atoms. The van der Waals surface area contributed by atoms with Crippen LogP contribution in [0.5, 0.6) is 5.75 Å². The van der Waals surface area contributed by atoms with Gasteiger partial charge in [0.05, 0.1) is 6.61 Å². The Hall–Kier alpha value is -1.49. The Labute approximate surface area is 105 Å². The number of ether oxygens (including phenoxy) is 1. The highest BCUT2D eigenvalue weighted by atomic mass is 32.2. The van der Waals surface area contributed by atoms with Crippen LogP contribution in [0.3, 0.4) is 0 Å². The molecule has 1 aromatic heterocycles. The first-order chi connectivity index (χ1) is 8.27. The zero-order valence-corrected chi connectivity index (χ0v) is 10.8. The normalized spacial score (nSPS) is 10.5. The monoisotopic (exact) mass is 249 g/mol. The van der Waals surface area contributed by atoms with Gasteiger partial charge in [0.2, 0.25) is 0 Å². The van der Waals surface area contributed by atoms with Crippen molar-refractivity contribution in [3.8, 4) is 5.75 Å². The number of rotatable bonds is 5. The van der Waals surface area contributed by atoms with Crippen molar-refractivity contribution in [3.63, 3.8) is 0 Å². The molecule has 2 aromatic rings. The number of benzene rings is 1. The smallest absolute Gasteiger partial charge is 0.183 e. The summed E-state index contributed by atoms with van der Waals surface area (Å²) in [5.74, 6) is 1.84. The standard InChI is InChI=1S/C12H15N3OS/c1-9-4-3-5-10(2)11(9)16-6-7-17-12-13-8-14-15-12/h3-5,8H,6-7H2,1-2H3,(H,13,14,15). The van der Waals surface area contributed by atoms with E-state index in [4.69, 9.17) is 4.74 Å². The van der Waals surface area contributed by atoms with E-state index in [1.165, 1.54) is 17.5 Å². The van der Waals surface area contributed by atoms with Gasteiger partial charge >= 0.3 is 0 Å². The van der Waals surface area contributed by atoms with Crippen molar-refractivity contribution in [3.05, 3.63) is 35.7 Å². The lowest BCUT2D eigenvalue weighted by molar-refractivity contribution is 0.339. The predicted molar refractivity (Wildman–Crippen MR) is 68.5 cm³/mol. The maximum absolute atomic E-state index is 5.78. The zero-order valence-electron chi connectivity index (χ0n) is 9.93. The lowest BCUT2D eigenvalue weighted by Gasteiger charge is -2.11. The highest BCUT2D eigenvalue weighted by molar-refractivity contribution is 7.99. The number of nitrogens with one attached hydrogen (secondary N) is 1. The average Bonchev–Trinajstić information content (AvgIpc) is 2.80. The molecule has 0 fully saturated rings. The number of hydrogen-bond donors (Lipinski definition) is 1. The fraction of sp³-hybridized carbons (Fsp3) is 0.333. The number of hydrogen-bond acceptors (Lipinski definition) is 4. The number of nitrogens with zero attached hydrogens (tertiary/aromatic N) is 2. The van der Waals surface area contributed by atoms with Crippen molar-refractivity contribution in [2.24, 2.45) is 0 Å². The molecule has 0 unspecified atom stereocenters. The lowest BCUT2D eigenvalue weighted by Crippen LogP contribution is -2.03. The van der Waals surface area contributed by atoms with Crippen molar-refractivity contribution in [1.29, 1.82) is 0 Å². The molecule has 0 amide bonds. The SMILES string of the molecule is Cc1cccc(C)c1OCCSc1ncn[nH]1. The van der Waals surface area contributed by atoms with Crippen LogP contribution in [0.4, 0.5) is 0 Å². The number of aromatic nitrogens is 3. The van der Waals surface area contributed by atoms with Crippen LogP contribution in [0.25, 0.3) is 0 Å². The van der Waals surface area contributed by atoms with Crippen molar-refractivity contribution in [2.45, 2.75) is 19.0 Å². The summed E-state index contributed by atoms with van der Waals surface area (Å²) in [6.45, 7) is 4.79. The molecule has 2 rings (SSSR count). The van der Waals surface area contributed by atoms with Crippen LogP contribution in [0.2, 0.25) is 0 Å². The van der Waals surface area contributed by atoms with E-state index in [1.807, 2.05) is 6.07 Å². The Morgan fingerprint density at radius 1 is 1.29 bits per heavy atom. The Balaban J connectivity index is 1.82. The van der Waals surface area contributed by atoms with E-state index in [0.29, 0.717) is 6.61 Å². The summed E-state index contributed by atoms with van der Waals surface area (Å²) in [6.07, 6.45) is 1.51. The third-order valence-corrected chi connectivity index (χ3v) is 3.21. The summed E-state index contributed by atoms with van der Waals surface area (Å²) < 4.78 is 5.78. The number of aryl methyl sites for hydroxylation is 2. The molecule has 0 aliphatic rings. The fourth-order valence-electron chi connectivity index (χ4n) is 1.57. The van der Waals surface area contributed by atoms with E-state index >= 15 is 0 Å². The van der Waals surface area contributed by atoms with E-state index < -0.39 is 0 Å². The largest absolute Gasteiger partial charge is 0.492 e. The first kappa shape index (κ1) is 12.0. The second-order valence-electron chi connectivity index (χ2n) is 3.71. The molecule has 1 N–H and O–H groups in total. The molecular formula is C12H15N3OS. The second kappa shape index (κ2) is 5.72. The Kier molecular flexibility index (Phi) is 4.03. The third-order valence-electron chi connectivity index (χ3n) is 2.37. The average molecular weight is 249 g/mol. The van der Waals surface area contributed by atoms with Gasteiger partial charge < -0.3 is 4.74 Å². The van der Waals surface area contributed by atoms with Gasteiger partial charge in [-0.05, 0) is 25.0 Å². The van der Waals surface area contributed by atoms with Crippen LogP contribution in [0.1, 0.15) is 11.1 Å². The second-order valence-corrected chi connectivity index (χ2v) is 4.79. The minimum Gasteiger partial charge on any atom is -0.492 e. The molecule has 5 heteroatoms. The minimum atomic E-state index is 0.664. The van der Waals surface area contributed by atoms with Crippen LogP contribution in [-0.2, 0) is 0 Å². The highest BCUT2D eigenvalue weighted by Crippen LogP contribution is 2.22. The predicted octanol–water partition coefficient (Wildman–Crippen LogP) is 2.59. The quantitative estimate of drug-likeness (QED) is 0.653. The molecule has 0 aliphatic heterocycles. The molecule has 90 valence electrons. The molecular weight excluding hydrogens is 234 g/mol. The summed E-state index contributed by atoms with van der Waals surface area (Å²) in [5, 5.41) is 7.42. The molecule has 1 aromatic carbocycles. The molecule has 0 radical (unpaired) electrons. The topological polar surface area (TPSA) is 50.8 Å². The van der Waals surface area contributed by atoms with Crippen molar-refractivity contribution >= 4 is 11.8 Å². The number of para-hydroxylation sites is 1. The van der Waals surface area contributed by atoms with Crippen molar-refractivity contribution in [1.82, 2.24) is 15.2 Å². The van der Waals surface area contributed by atoms with Gasteiger partial charge in [-0.15, -0.1) is 0 Å². The molecule has 4 nitrogen and oxygen atoms in total. The van der Waals surface area contributed by atoms with Crippen LogP contribution in [0.15, 0.2) is 29.7 Å². The van der Waals surface area contributed by atoms with Gasteiger partial charge in [-0.1, -0.05) is 30.0 Å². The van der Waals surface area contributed by atoms with E-state index in [9.17, 15) is 0 Å². The Bertz CT molecular complexity index is 450. The van der Waals surface area contributed by atoms with E-state index in [0.717, 1.165) is 16.7 Å². The summed E-state index contributed by atoms with van der Waals surface area (Å²) in [4.78, 5) is 4.04. The molecule has 0 bridgehead atoms. The number of H-pyrrole nitrogens is 1. The van der Waals surface area contributed by atoms with Gasteiger partial charge in [0.25, 0.3) is 0 Å². The minimum absolute atomic E-state index is 0.664. The molecule has 1 heterocycles. The summed E-state index contributed by atoms with van der Waals surface area (Å²) in [5.41, 5.74) is 2.35. The molecule has 0 aliphatic carbocycles. The first-order valence-corrected chi connectivity index (χ1v) is 6.43. The maximum atomic E-state index is 5.78. The van der Waals surface area contributed by atoms with Crippen molar-refractivity contribution in [2.75, 3.05) is 12.4 Å². The van der Waals surface area contributed by atoms with Gasteiger partial charge in [0, 0.05) is 5.75 Å². The van der Waals surface area contributed by atoms with Gasteiger partial charge in [0.1, 0.15) is 12.1 Å². The number of thioether (sulfide) groups is 1. The first-order valence-electron chi connectivity index (χ1n) is 5.44. The number of aromatic amines is 1. The zero-order chi connectivity index (χ0) is 12.1. The van der Waals surface area contributed by atoms with Crippen LogP contribution >= 0.6 is 11.8 Å². The van der Waals surface area contributed by atoms with Gasteiger partial charge in [0.15, 0.2) is 5.16 Å². The van der Waals surface area contributed by atoms with E-state index in [1.54, 1.807) is 11.8 Å². The van der Waals surface area contributed by atoms with Crippen LogP contribution < -0.4 is 4.74 Å². The van der Waals surface area contributed by atoms with Crippen LogP contribution in [-0.4, -0.2) is 27.5 Å². The Morgan fingerprint density at radius 2 is 2.06 bits per heavy atom. The van der Waals surface area contributed by atoms with Gasteiger partial charge in [-0.25, -0.2) is 4.98 Å². The van der Waals surface area contributed by atoms with Crippen molar-refractivity contribution < 1.29 is 4.74 Å². The fourth-order valence-corrected chi connectivity index (χ4v) is 2.17. The lowest BCUT2D eigenvalue weighted by atomic mass is 10.1. The van der Waals surface area contributed by atoms with Crippen LogP contribution in [0, 0.1) is 13.8 Å². The third kappa shape index (κ3) is 3.23. The summed E-state index contributed by atoms with van der Waals surface area (Å²) in [6, 6.07) is 6.17. The summed E-state index contributed by atoms with van der Waals surface area (Å²) in [7, 11) is 0. The molecule has 0 saturated heterocycles. The van der Waals surface area contributed by atoms with Gasteiger partial charge in [-0.3, -0.25) is 5.10 Å². The summed E-state index contributed by atoms with van der Waals surface area (Å²) >= 11 is 1.60. The molecule has 17 heavy (non-hydrogen) atoms. The maximum Gasteiger partial charge on any atom is 0.183 e. The van der Waals surface area contributed by atoms with Gasteiger partial charge in [-0.2, -0.15) is 5.10 Å². The van der Waals surface area contributed by atoms with E-state index in [-0.39, 0.29) is 0 Å².